The molecule has 1 aromatic carbocycles. The average Bonchev–Trinajstić information content (AvgIpc) is 2.41. The highest BCUT2D eigenvalue weighted by Gasteiger charge is 2.11. The summed E-state index contributed by atoms with van der Waals surface area (Å²) in [7, 11) is 0. The van der Waals surface area contributed by atoms with Gasteiger partial charge in [0.2, 0.25) is 5.43 Å². The minimum atomic E-state index is -0.0657. The van der Waals surface area contributed by atoms with Crippen LogP contribution in [0.5, 0.6) is 0 Å². The van der Waals surface area contributed by atoms with E-state index in [4.69, 9.17) is 5.11 Å². The molecular formula is C15H20N2O2. The van der Waals surface area contributed by atoms with Gasteiger partial charge in [-0.15, -0.1) is 0 Å². The third-order valence-corrected chi connectivity index (χ3v) is 3.36. The lowest BCUT2D eigenvalue weighted by Gasteiger charge is -2.12. The quantitative estimate of drug-likeness (QED) is 0.915. The summed E-state index contributed by atoms with van der Waals surface area (Å²) in [5.41, 5.74) is 2.45. The van der Waals surface area contributed by atoms with Crippen LogP contribution >= 0.6 is 0 Å². The molecule has 0 radical (unpaired) electrons. The zero-order chi connectivity index (χ0) is 14.0. The minimum absolute atomic E-state index is 0.0540. The van der Waals surface area contributed by atoms with Gasteiger partial charge in [-0.05, 0) is 30.5 Å². The molecule has 1 heterocycles. The van der Waals surface area contributed by atoms with Crippen molar-refractivity contribution in [1.82, 2.24) is 9.78 Å². The number of hydrogen-bond donors (Lipinski definition) is 1. The van der Waals surface area contributed by atoms with Gasteiger partial charge in [-0.3, -0.25) is 9.48 Å². The molecule has 4 heteroatoms. The normalized spacial score (nSPS) is 11.4. The number of aryl methyl sites for hydroxylation is 1. The smallest absolute Gasteiger partial charge is 0.211 e. The Morgan fingerprint density at radius 1 is 1.37 bits per heavy atom. The van der Waals surface area contributed by atoms with E-state index in [0.717, 1.165) is 5.52 Å². The summed E-state index contributed by atoms with van der Waals surface area (Å²) < 4.78 is 1.84. The molecule has 2 aromatic rings. The van der Waals surface area contributed by atoms with Crippen LogP contribution in [-0.4, -0.2) is 21.5 Å². The van der Waals surface area contributed by atoms with Crippen molar-refractivity contribution in [3.05, 3.63) is 39.7 Å². The zero-order valence-electron chi connectivity index (χ0n) is 11.7. The van der Waals surface area contributed by atoms with Crippen LogP contribution in [0.25, 0.3) is 10.9 Å². The molecule has 1 N–H and O–H groups in total. The lowest BCUT2D eigenvalue weighted by molar-refractivity contribution is 0.297. The number of aliphatic hydroxyl groups excluding tert-OH is 1. The molecule has 0 amide bonds. The van der Waals surface area contributed by atoms with Gasteiger partial charge in [-0.1, -0.05) is 19.9 Å². The SMILES string of the molecule is CCn1nc(CCO)c(=O)c2ccc(C(C)C)cc21. The lowest BCUT2D eigenvalue weighted by Crippen LogP contribution is -2.20. The summed E-state index contributed by atoms with van der Waals surface area (Å²) in [4.78, 5) is 12.3. The number of aromatic nitrogens is 2. The average molecular weight is 260 g/mol. The van der Waals surface area contributed by atoms with Gasteiger partial charge in [-0.25, -0.2) is 0 Å². The second-order valence-electron chi connectivity index (χ2n) is 5.00. The van der Waals surface area contributed by atoms with E-state index in [2.05, 4.69) is 18.9 Å². The summed E-state index contributed by atoms with van der Waals surface area (Å²) in [5.74, 6) is 0.418. The first kappa shape index (κ1) is 13.7. The maximum absolute atomic E-state index is 12.3. The molecule has 0 bridgehead atoms. The number of benzene rings is 1. The Kier molecular flexibility index (Phi) is 4.00. The third kappa shape index (κ3) is 2.54. The van der Waals surface area contributed by atoms with E-state index in [1.54, 1.807) is 0 Å². The summed E-state index contributed by atoms with van der Waals surface area (Å²) in [6.07, 6.45) is 0.306. The summed E-state index contributed by atoms with van der Waals surface area (Å²) in [6.45, 7) is 6.91. The van der Waals surface area contributed by atoms with E-state index >= 15 is 0 Å². The van der Waals surface area contributed by atoms with Gasteiger partial charge in [0.15, 0.2) is 0 Å². The molecule has 0 aliphatic carbocycles. The maximum Gasteiger partial charge on any atom is 0.211 e. The van der Waals surface area contributed by atoms with E-state index in [9.17, 15) is 4.79 Å². The van der Waals surface area contributed by atoms with Crippen molar-refractivity contribution in [1.29, 1.82) is 0 Å². The molecule has 2 rings (SSSR count). The molecule has 0 spiro atoms. The van der Waals surface area contributed by atoms with Crippen molar-refractivity contribution >= 4 is 10.9 Å². The number of hydrogen-bond acceptors (Lipinski definition) is 3. The van der Waals surface area contributed by atoms with Crippen LogP contribution in [0.3, 0.4) is 0 Å². The van der Waals surface area contributed by atoms with Crippen LogP contribution in [0.15, 0.2) is 23.0 Å². The summed E-state index contributed by atoms with van der Waals surface area (Å²) in [5, 5.41) is 14.0. The van der Waals surface area contributed by atoms with Crippen molar-refractivity contribution in [3.8, 4) is 0 Å². The fourth-order valence-corrected chi connectivity index (χ4v) is 2.22. The fourth-order valence-electron chi connectivity index (χ4n) is 2.22. The zero-order valence-corrected chi connectivity index (χ0v) is 11.7. The standard InChI is InChI=1S/C15H20N2O2/c1-4-17-14-9-11(10(2)3)5-6-12(14)15(19)13(16-17)7-8-18/h5-6,9-10,18H,4,7-8H2,1-3H3. The molecule has 0 saturated carbocycles. The lowest BCUT2D eigenvalue weighted by atomic mass is 10.0. The Bertz CT molecular complexity index is 644. The number of nitrogens with zero attached hydrogens (tertiary/aromatic N) is 2. The van der Waals surface area contributed by atoms with Crippen molar-refractivity contribution < 1.29 is 5.11 Å². The molecule has 102 valence electrons. The van der Waals surface area contributed by atoms with Crippen LogP contribution in [-0.2, 0) is 13.0 Å². The first-order valence-corrected chi connectivity index (χ1v) is 6.73. The molecule has 19 heavy (non-hydrogen) atoms. The molecule has 0 atom stereocenters. The van der Waals surface area contributed by atoms with Crippen LogP contribution in [0, 0.1) is 0 Å². The summed E-state index contributed by atoms with van der Waals surface area (Å²) in [6, 6.07) is 5.92. The van der Waals surface area contributed by atoms with Crippen LogP contribution in [0.4, 0.5) is 0 Å². The Hall–Kier alpha value is -1.68. The van der Waals surface area contributed by atoms with Gasteiger partial charge in [0, 0.05) is 25.0 Å². The summed E-state index contributed by atoms with van der Waals surface area (Å²) >= 11 is 0. The molecule has 0 saturated heterocycles. The van der Waals surface area contributed by atoms with Gasteiger partial charge in [-0.2, -0.15) is 5.10 Å². The monoisotopic (exact) mass is 260 g/mol. The Morgan fingerprint density at radius 3 is 2.68 bits per heavy atom. The Balaban J connectivity index is 2.74. The van der Waals surface area contributed by atoms with Crippen molar-refractivity contribution in [2.24, 2.45) is 0 Å². The topological polar surface area (TPSA) is 55.1 Å². The molecule has 1 aromatic heterocycles. The second kappa shape index (κ2) is 5.53. The molecule has 0 unspecified atom stereocenters. The highest BCUT2D eigenvalue weighted by Crippen LogP contribution is 2.19. The molecule has 0 aliphatic rings. The van der Waals surface area contributed by atoms with Gasteiger partial charge >= 0.3 is 0 Å². The van der Waals surface area contributed by atoms with Crippen LogP contribution in [0.1, 0.15) is 37.9 Å². The predicted molar refractivity (Wildman–Crippen MR) is 76.6 cm³/mol. The largest absolute Gasteiger partial charge is 0.396 e. The molecule has 4 nitrogen and oxygen atoms in total. The van der Waals surface area contributed by atoms with Gasteiger partial charge in [0.1, 0.15) is 5.69 Å². The van der Waals surface area contributed by atoms with Gasteiger partial charge < -0.3 is 5.11 Å². The molecular weight excluding hydrogens is 240 g/mol. The highest BCUT2D eigenvalue weighted by atomic mass is 16.3. The first-order valence-electron chi connectivity index (χ1n) is 6.73. The fraction of sp³-hybridized carbons (Fsp3) is 0.467. The van der Waals surface area contributed by atoms with E-state index in [-0.39, 0.29) is 12.0 Å². The van der Waals surface area contributed by atoms with Crippen LogP contribution < -0.4 is 5.43 Å². The molecule has 0 fully saturated rings. The third-order valence-electron chi connectivity index (χ3n) is 3.36. The van der Waals surface area contributed by atoms with Crippen molar-refractivity contribution in [2.75, 3.05) is 6.61 Å². The Labute approximate surface area is 112 Å². The highest BCUT2D eigenvalue weighted by molar-refractivity contribution is 5.79. The van der Waals surface area contributed by atoms with Gasteiger partial charge in [0.25, 0.3) is 0 Å². The minimum Gasteiger partial charge on any atom is -0.396 e. The van der Waals surface area contributed by atoms with Crippen molar-refractivity contribution in [3.63, 3.8) is 0 Å². The maximum atomic E-state index is 12.3. The molecule has 0 aliphatic heterocycles. The number of aliphatic hydroxyl groups is 1. The van der Waals surface area contributed by atoms with Gasteiger partial charge in [0.05, 0.1) is 5.52 Å². The van der Waals surface area contributed by atoms with E-state index < -0.39 is 0 Å². The van der Waals surface area contributed by atoms with E-state index in [0.29, 0.717) is 30.0 Å². The Morgan fingerprint density at radius 2 is 2.11 bits per heavy atom. The second-order valence-corrected chi connectivity index (χ2v) is 5.00. The first-order chi connectivity index (χ1) is 9.08. The van der Waals surface area contributed by atoms with E-state index in [1.807, 2.05) is 29.8 Å². The number of fused-ring (bicyclic) bond motifs is 1. The number of rotatable bonds is 4. The van der Waals surface area contributed by atoms with Crippen LogP contribution in [0.2, 0.25) is 0 Å². The predicted octanol–water partition coefficient (Wildman–Crippen LogP) is 2.07. The van der Waals surface area contributed by atoms with Crippen molar-refractivity contribution in [2.45, 2.75) is 39.7 Å². The van der Waals surface area contributed by atoms with E-state index in [1.165, 1.54) is 5.56 Å².